The molecule has 0 bridgehead atoms. The van der Waals surface area contributed by atoms with Crippen LogP contribution in [0.15, 0.2) is 36.7 Å². The number of pyridine rings is 1. The molecular weight excluding hydrogens is 470 g/mol. The van der Waals surface area contributed by atoms with Crippen LogP contribution in [0.5, 0.6) is 5.75 Å². The minimum atomic E-state index is -0.730. The van der Waals surface area contributed by atoms with Crippen molar-refractivity contribution in [1.82, 2.24) is 24.5 Å². The van der Waals surface area contributed by atoms with Crippen molar-refractivity contribution in [2.75, 3.05) is 7.11 Å². The second-order valence-corrected chi connectivity index (χ2v) is 9.83. The number of nitrogens with zero attached hydrogens (tertiary/aromatic N) is 7. The van der Waals surface area contributed by atoms with Crippen molar-refractivity contribution >= 4 is 17.1 Å². The van der Waals surface area contributed by atoms with Gasteiger partial charge >= 0.3 is 6.09 Å². The summed E-state index contributed by atoms with van der Waals surface area (Å²) in [6.07, 6.45) is 4.14. The third-order valence-electron chi connectivity index (χ3n) is 6.23. The lowest BCUT2D eigenvalue weighted by atomic mass is 9.97. The standard InChI is InChI=1S/C27H25N7O3/c1-27(2,3)37-26(35)34-21-12-22(36-4)24(20-7-5-6-18-16(13-29)8-9-19(18)20)31-25(21)23(32-34)17-14-30-33(15-17)11-10-28/h5-7,12,14-16H,8-9,11H2,1-4H3. The zero-order valence-corrected chi connectivity index (χ0v) is 21.0. The first-order valence-electron chi connectivity index (χ1n) is 11.9. The minimum absolute atomic E-state index is 0.0768. The fraction of sp³-hybridized carbons (Fsp3) is 0.333. The van der Waals surface area contributed by atoms with Crippen LogP contribution in [0, 0.1) is 22.7 Å². The monoisotopic (exact) mass is 495 g/mol. The summed E-state index contributed by atoms with van der Waals surface area (Å²) in [4.78, 5) is 18.1. The number of benzene rings is 1. The van der Waals surface area contributed by atoms with E-state index in [0.717, 1.165) is 29.5 Å². The van der Waals surface area contributed by atoms with E-state index in [-0.39, 0.29) is 12.5 Å². The van der Waals surface area contributed by atoms with E-state index >= 15 is 0 Å². The van der Waals surface area contributed by atoms with Gasteiger partial charge in [-0.15, -0.1) is 0 Å². The summed E-state index contributed by atoms with van der Waals surface area (Å²) in [5.74, 6) is 0.318. The molecule has 0 aliphatic heterocycles. The third kappa shape index (κ3) is 4.27. The number of aromatic nitrogens is 5. The van der Waals surface area contributed by atoms with E-state index in [1.54, 1.807) is 46.3 Å². The number of fused-ring (bicyclic) bond motifs is 2. The Morgan fingerprint density at radius 3 is 2.76 bits per heavy atom. The van der Waals surface area contributed by atoms with E-state index in [2.05, 4.69) is 22.3 Å². The van der Waals surface area contributed by atoms with E-state index < -0.39 is 11.7 Å². The fourth-order valence-corrected chi connectivity index (χ4v) is 4.66. The Balaban J connectivity index is 1.75. The van der Waals surface area contributed by atoms with Gasteiger partial charge in [0.05, 0.1) is 31.4 Å². The second kappa shape index (κ2) is 9.07. The minimum Gasteiger partial charge on any atom is -0.494 e. The highest BCUT2D eigenvalue weighted by molar-refractivity contribution is 5.97. The van der Waals surface area contributed by atoms with Crippen LogP contribution in [-0.2, 0) is 17.7 Å². The topological polar surface area (TPSA) is 132 Å². The maximum Gasteiger partial charge on any atom is 0.435 e. The molecule has 186 valence electrons. The lowest BCUT2D eigenvalue weighted by Gasteiger charge is -2.19. The fourth-order valence-electron chi connectivity index (χ4n) is 4.66. The van der Waals surface area contributed by atoms with Crippen LogP contribution in [0.4, 0.5) is 4.79 Å². The zero-order valence-electron chi connectivity index (χ0n) is 21.0. The third-order valence-corrected chi connectivity index (χ3v) is 6.23. The van der Waals surface area contributed by atoms with Crippen LogP contribution in [0.1, 0.15) is 44.2 Å². The predicted molar refractivity (Wildman–Crippen MR) is 135 cm³/mol. The van der Waals surface area contributed by atoms with Crippen LogP contribution in [0.3, 0.4) is 0 Å². The Bertz CT molecular complexity index is 1610. The molecule has 3 aromatic heterocycles. The highest BCUT2D eigenvalue weighted by Crippen LogP contribution is 2.42. The number of ether oxygens (including phenoxy) is 2. The summed E-state index contributed by atoms with van der Waals surface area (Å²) < 4.78 is 14.0. The summed E-state index contributed by atoms with van der Waals surface area (Å²) in [6, 6.07) is 12.1. The molecule has 10 heteroatoms. The van der Waals surface area contributed by atoms with E-state index in [9.17, 15) is 10.1 Å². The molecule has 10 nitrogen and oxygen atoms in total. The molecule has 1 aliphatic carbocycles. The van der Waals surface area contributed by atoms with Gasteiger partial charge in [-0.05, 0) is 44.7 Å². The maximum absolute atomic E-state index is 13.1. The van der Waals surface area contributed by atoms with Crippen LogP contribution < -0.4 is 4.74 Å². The first-order chi connectivity index (χ1) is 17.7. The molecule has 1 unspecified atom stereocenters. The van der Waals surface area contributed by atoms with Crippen molar-refractivity contribution in [2.24, 2.45) is 0 Å². The number of nitriles is 2. The molecule has 0 saturated carbocycles. The van der Waals surface area contributed by atoms with Crippen molar-refractivity contribution in [3.63, 3.8) is 0 Å². The number of rotatable bonds is 4. The number of hydrogen-bond donors (Lipinski definition) is 0. The molecule has 0 spiro atoms. The Hall–Kier alpha value is -4.70. The molecule has 1 aromatic carbocycles. The molecular formula is C27H25N7O3. The Kier molecular flexibility index (Phi) is 5.88. The maximum atomic E-state index is 13.1. The number of carbonyl (C=O) groups excluding carboxylic acids is 1. The predicted octanol–water partition coefficient (Wildman–Crippen LogP) is 4.83. The van der Waals surface area contributed by atoms with Gasteiger partial charge in [0.25, 0.3) is 0 Å². The number of carbonyl (C=O) groups is 1. The summed E-state index contributed by atoms with van der Waals surface area (Å²) in [5.41, 5.74) is 4.74. The quantitative estimate of drug-likeness (QED) is 0.393. The molecule has 0 fully saturated rings. The molecule has 0 saturated heterocycles. The van der Waals surface area contributed by atoms with Crippen molar-refractivity contribution in [3.05, 3.63) is 47.8 Å². The SMILES string of the molecule is COc1cc2c(nc1-c1cccc3c1CCC3C#N)c(-c1cnn(CC#N)c1)nn2C(=O)OC(C)(C)C. The summed E-state index contributed by atoms with van der Waals surface area (Å²) in [6.45, 7) is 5.42. The van der Waals surface area contributed by atoms with E-state index in [1.165, 1.54) is 9.36 Å². The Labute approximate surface area is 213 Å². The lowest BCUT2D eigenvalue weighted by Crippen LogP contribution is -2.27. The van der Waals surface area contributed by atoms with E-state index in [0.29, 0.717) is 33.7 Å². The van der Waals surface area contributed by atoms with E-state index in [1.807, 2.05) is 18.2 Å². The molecule has 5 rings (SSSR count). The Morgan fingerprint density at radius 1 is 1.24 bits per heavy atom. The highest BCUT2D eigenvalue weighted by Gasteiger charge is 2.29. The molecule has 37 heavy (non-hydrogen) atoms. The molecule has 0 amide bonds. The average molecular weight is 496 g/mol. The Morgan fingerprint density at radius 2 is 2.05 bits per heavy atom. The van der Waals surface area contributed by atoms with Gasteiger partial charge in [-0.2, -0.15) is 25.4 Å². The van der Waals surface area contributed by atoms with Gasteiger partial charge in [0, 0.05) is 23.4 Å². The van der Waals surface area contributed by atoms with Gasteiger partial charge < -0.3 is 9.47 Å². The number of methoxy groups -OCH3 is 1. The van der Waals surface area contributed by atoms with Gasteiger partial charge in [0.15, 0.2) is 0 Å². The molecule has 1 atom stereocenters. The molecule has 0 radical (unpaired) electrons. The van der Waals surface area contributed by atoms with Gasteiger partial charge in [-0.3, -0.25) is 4.68 Å². The van der Waals surface area contributed by atoms with Crippen molar-refractivity contribution < 1.29 is 14.3 Å². The van der Waals surface area contributed by atoms with Crippen LogP contribution >= 0.6 is 0 Å². The summed E-state index contributed by atoms with van der Waals surface area (Å²) >= 11 is 0. The second-order valence-electron chi connectivity index (χ2n) is 9.83. The van der Waals surface area contributed by atoms with Gasteiger partial charge in [0.1, 0.15) is 40.3 Å². The highest BCUT2D eigenvalue weighted by atomic mass is 16.6. The molecule has 4 aromatic rings. The molecule has 3 heterocycles. The number of hydrogen-bond acceptors (Lipinski definition) is 8. The van der Waals surface area contributed by atoms with Crippen molar-refractivity contribution in [2.45, 2.75) is 51.7 Å². The van der Waals surface area contributed by atoms with Crippen LogP contribution in [-0.4, -0.2) is 43.3 Å². The van der Waals surface area contributed by atoms with Crippen LogP contribution in [0.2, 0.25) is 0 Å². The largest absolute Gasteiger partial charge is 0.494 e. The zero-order chi connectivity index (χ0) is 26.3. The van der Waals surface area contributed by atoms with E-state index in [4.69, 9.17) is 19.7 Å². The van der Waals surface area contributed by atoms with Crippen LogP contribution in [0.25, 0.3) is 33.5 Å². The molecule has 0 N–H and O–H groups in total. The van der Waals surface area contributed by atoms with Gasteiger partial charge in [-0.1, -0.05) is 18.2 Å². The van der Waals surface area contributed by atoms with Crippen molar-refractivity contribution in [1.29, 1.82) is 10.5 Å². The first kappa shape index (κ1) is 24.0. The smallest absolute Gasteiger partial charge is 0.435 e. The van der Waals surface area contributed by atoms with Gasteiger partial charge in [-0.25, -0.2) is 9.78 Å². The van der Waals surface area contributed by atoms with Gasteiger partial charge in [0.2, 0.25) is 0 Å². The normalized spacial score (nSPS) is 14.7. The average Bonchev–Trinajstić information content (AvgIpc) is 3.58. The molecule has 1 aliphatic rings. The first-order valence-corrected chi connectivity index (χ1v) is 11.9. The summed E-state index contributed by atoms with van der Waals surface area (Å²) in [7, 11) is 1.55. The lowest BCUT2D eigenvalue weighted by molar-refractivity contribution is 0.0523. The summed E-state index contributed by atoms with van der Waals surface area (Å²) in [5, 5.41) is 27.4. The van der Waals surface area contributed by atoms with Crippen molar-refractivity contribution in [3.8, 4) is 40.4 Å².